The maximum atomic E-state index is 11.1. The van der Waals surface area contributed by atoms with Crippen molar-refractivity contribution >= 4 is 5.97 Å². The third kappa shape index (κ3) is 1.84. The number of hydrogen-bond acceptors (Lipinski definition) is 4. The summed E-state index contributed by atoms with van der Waals surface area (Å²) in [6, 6.07) is 0.398. The maximum Gasteiger partial charge on any atom is 0.307 e. The summed E-state index contributed by atoms with van der Waals surface area (Å²) in [5.74, 6) is -0.0845. The largest absolute Gasteiger partial charge is 0.469 e. The summed E-state index contributed by atoms with van der Waals surface area (Å²) in [6.07, 6.45) is 0.549. The van der Waals surface area contributed by atoms with Gasteiger partial charge in [-0.05, 0) is 0 Å². The van der Waals surface area contributed by atoms with E-state index in [1.54, 1.807) is 0 Å². The summed E-state index contributed by atoms with van der Waals surface area (Å²) < 4.78 is 4.68. The van der Waals surface area contributed by atoms with Crippen LogP contribution in [0.4, 0.5) is 0 Å². The Morgan fingerprint density at radius 2 is 2.08 bits per heavy atom. The molecule has 0 aromatic rings. The second kappa shape index (κ2) is 3.64. The first-order valence-corrected chi connectivity index (χ1v) is 4.83. The average molecular weight is 184 g/mol. The van der Waals surface area contributed by atoms with Crippen molar-refractivity contribution in [3.05, 3.63) is 0 Å². The van der Waals surface area contributed by atoms with Gasteiger partial charge in [-0.25, -0.2) is 0 Å². The van der Waals surface area contributed by atoms with Gasteiger partial charge in [0.05, 0.1) is 13.5 Å². The zero-order valence-corrected chi connectivity index (χ0v) is 8.03. The van der Waals surface area contributed by atoms with E-state index in [1.807, 2.05) is 0 Å². The molecule has 0 aromatic heterocycles. The van der Waals surface area contributed by atoms with Crippen molar-refractivity contribution in [2.75, 3.05) is 39.8 Å². The molecule has 1 atom stereocenters. The van der Waals surface area contributed by atoms with Crippen LogP contribution in [-0.4, -0.2) is 61.6 Å². The Morgan fingerprint density at radius 3 is 2.54 bits per heavy atom. The van der Waals surface area contributed by atoms with Gasteiger partial charge in [0.1, 0.15) is 0 Å². The lowest BCUT2D eigenvalue weighted by atomic mass is 10.1. The highest BCUT2D eigenvalue weighted by atomic mass is 16.5. The molecule has 3 rings (SSSR count). The van der Waals surface area contributed by atoms with Gasteiger partial charge in [0, 0.05) is 38.8 Å². The van der Waals surface area contributed by atoms with Crippen molar-refractivity contribution in [1.29, 1.82) is 0 Å². The van der Waals surface area contributed by atoms with E-state index in [4.69, 9.17) is 0 Å². The highest BCUT2D eigenvalue weighted by molar-refractivity contribution is 5.70. The summed E-state index contributed by atoms with van der Waals surface area (Å²) in [6.45, 7) is 5.59. The fraction of sp³-hybridized carbons (Fsp3) is 0.889. The van der Waals surface area contributed by atoms with Gasteiger partial charge in [-0.2, -0.15) is 0 Å². The predicted molar refractivity (Wildman–Crippen MR) is 48.4 cm³/mol. The van der Waals surface area contributed by atoms with Crippen LogP contribution in [0.3, 0.4) is 0 Å². The average Bonchev–Trinajstić information content (AvgIpc) is 2.19. The molecule has 4 nitrogen and oxygen atoms in total. The predicted octanol–water partition coefficient (Wildman–Crippen LogP) is -0.451. The zero-order valence-electron chi connectivity index (χ0n) is 8.03. The number of rotatable bonds is 2. The van der Waals surface area contributed by atoms with Gasteiger partial charge in [-0.3, -0.25) is 14.6 Å². The number of carbonyl (C=O) groups is 1. The van der Waals surface area contributed by atoms with E-state index in [1.165, 1.54) is 7.11 Å². The Hall–Kier alpha value is -0.610. The van der Waals surface area contributed by atoms with Crippen LogP contribution < -0.4 is 0 Å². The van der Waals surface area contributed by atoms with Crippen molar-refractivity contribution in [2.45, 2.75) is 12.5 Å². The minimum Gasteiger partial charge on any atom is -0.469 e. The van der Waals surface area contributed by atoms with Crippen LogP contribution in [-0.2, 0) is 9.53 Å². The third-order valence-corrected chi connectivity index (χ3v) is 3.02. The fourth-order valence-corrected chi connectivity index (χ4v) is 2.19. The molecule has 3 aliphatic rings. The van der Waals surface area contributed by atoms with Crippen molar-refractivity contribution in [2.24, 2.45) is 0 Å². The molecule has 3 fully saturated rings. The number of nitrogens with zero attached hydrogens (tertiary/aromatic N) is 2. The second-order valence-corrected chi connectivity index (χ2v) is 3.77. The quantitative estimate of drug-likeness (QED) is 0.544. The molecule has 0 amide bonds. The molecule has 3 saturated heterocycles. The molecule has 3 aliphatic heterocycles. The Bertz CT molecular complexity index is 200. The van der Waals surface area contributed by atoms with E-state index in [0.29, 0.717) is 12.5 Å². The smallest absolute Gasteiger partial charge is 0.307 e. The third-order valence-electron chi connectivity index (χ3n) is 3.02. The van der Waals surface area contributed by atoms with Gasteiger partial charge in [0.15, 0.2) is 0 Å². The Kier molecular flexibility index (Phi) is 2.51. The van der Waals surface area contributed by atoms with Crippen molar-refractivity contribution in [3.8, 4) is 0 Å². The normalized spacial score (nSPS) is 37.5. The molecule has 0 unspecified atom stereocenters. The van der Waals surface area contributed by atoms with Crippen LogP contribution in [0.1, 0.15) is 6.42 Å². The summed E-state index contributed by atoms with van der Waals surface area (Å²) in [5, 5.41) is 0. The molecule has 0 N–H and O–H groups in total. The molecule has 74 valence electrons. The van der Waals surface area contributed by atoms with Gasteiger partial charge in [-0.15, -0.1) is 0 Å². The van der Waals surface area contributed by atoms with E-state index >= 15 is 0 Å². The molecule has 0 spiro atoms. The molecule has 0 aromatic carbocycles. The van der Waals surface area contributed by atoms with Crippen molar-refractivity contribution in [1.82, 2.24) is 9.80 Å². The van der Waals surface area contributed by atoms with Crippen LogP contribution in [0.15, 0.2) is 0 Å². The zero-order chi connectivity index (χ0) is 9.26. The SMILES string of the molecule is COC(=O)C[C@@H]1CN2CCN1CC2. The molecule has 0 aliphatic carbocycles. The Balaban J connectivity index is 1.90. The van der Waals surface area contributed by atoms with Crippen LogP contribution >= 0.6 is 0 Å². The first-order valence-electron chi connectivity index (χ1n) is 4.83. The van der Waals surface area contributed by atoms with Crippen molar-refractivity contribution < 1.29 is 9.53 Å². The Labute approximate surface area is 78.4 Å². The van der Waals surface area contributed by atoms with Crippen LogP contribution in [0.5, 0.6) is 0 Å². The topological polar surface area (TPSA) is 32.8 Å². The molecule has 4 heteroatoms. The maximum absolute atomic E-state index is 11.1. The highest BCUT2D eigenvalue weighted by Gasteiger charge is 2.32. The summed E-state index contributed by atoms with van der Waals surface area (Å²) in [7, 11) is 1.46. The first kappa shape index (κ1) is 8.97. The second-order valence-electron chi connectivity index (χ2n) is 3.77. The lowest BCUT2D eigenvalue weighted by molar-refractivity contribution is -0.143. The van der Waals surface area contributed by atoms with Crippen LogP contribution in [0.2, 0.25) is 0 Å². The van der Waals surface area contributed by atoms with E-state index in [0.717, 1.165) is 32.7 Å². The van der Waals surface area contributed by atoms with Crippen molar-refractivity contribution in [3.63, 3.8) is 0 Å². The molecule has 13 heavy (non-hydrogen) atoms. The number of methoxy groups -OCH3 is 1. The minimum absolute atomic E-state index is 0.0845. The van der Waals surface area contributed by atoms with E-state index < -0.39 is 0 Å². The number of carbonyl (C=O) groups excluding carboxylic acids is 1. The minimum atomic E-state index is -0.0845. The molecular formula is C9H16N2O2. The summed E-state index contributed by atoms with van der Waals surface area (Å²) in [5.41, 5.74) is 0. The number of piperazine rings is 3. The molecule has 0 saturated carbocycles. The van der Waals surface area contributed by atoms with Gasteiger partial charge in [0.2, 0.25) is 0 Å². The number of esters is 1. The van der Waals surface area contributed by atoms with Gasteiger partial charge in [-0.1, -0.05) is 0 Å². The van der Waals surface area contributed by atoms with Gasteiger partial charge >= 0.3 is 5.97 Å². The highest BCUT2D eigenvalue weighted by Crippen LogP contribution is 2.17. The fourth-order valence-electron chi connectivity index (χ4n) is 2.19. The summed E-state index contributed by atoms with van der Waals surface area (Å²) >= 11 is 0. The molecule has 3 heterocycles. The van der Waals surface area contributed by atoms with Crippen LogP contribution in [0, 0.1) is 0 Å². The van der Waals surface area contributed by atoms with Crippen LogP contribution in [0.25, 0.3) is 0 Å². The van der Waals surface area contributed by atoms with Gasteiger partial charge in [0.25, 0.3) is 0 Å². The molecule has 2 bridgehead atoms. The molecular weight excluding hydrogens is 168 g/mol. The van der Waals surface area contributed by atoms with E-state index in [-0.39, 0.29) is 5.97 Å². The lowest BCUT2D eigenvalue weighted by Crippen LogP contribution is -2.61. The summed E-state index contributed by atoms with van der Waals surface area (Å²) in [4.78, 5) is 15.9. The number of ether oxygens (including phenoxy) is 1. The Morgan fingerprint density at radius 1 is 1.38 bits per heavy atom. The number of hydrogen-bond donors (Lipinski definition) is 0. The standard InChI is InChI=1S/C9H16N2O2/c1-13-9(12)6-8-7-10-2-4-11(8)5-3-10/h8H,2-7H2,1H3/t8-/m1/s1. The lowest BCUT2D eigenvalue weighted by Gasteiger charge is -2.47. The number of fused-ring (bicyclic) bond motifs is 3. The monoisotopic (exact) mass is 184 g/mol. The molecule has 0 radical (unpaired) electrons. The first-order chi connectivity index (χ1) is 6.29. The van der Waals surface area contributed by atoms with E-state index in [2.05, 4.69) is 14.5 Å². The van der Waals surface area contributed by atoms with Gasteiger partial charge < -0.3 is 4.74 Å². The van der Waals surface area contributed by atoms with E-state index in [9.17, 15) is 4.79 Å².